The summed E-state index contributed by atoms with van der Waals surface area (Å²) in [7, 11) is 0. The van der Waals surface area contributed by atoms with Gasteiger partial charge in [0, 0.05) is 12.5 Å². The maximum Gasteiger partial charge on any atom is 0.305 e. The van der Waals surface area contributed by atoms with Crippen LogP contribution in [-0.2, 0) is 9.53 Å². The van der Waals surface area contributed by atoms with E-state index in [1.807, 2.05) is 0 Å². The first kappa shape index (κ1) is 9.43. The molecule has 0 unspecified atom stereocenters. The number of esters is 1. The Kier molecular flexibility index (Phi) is 4.94. The molecular weight excluding hydrogens is 132 g/mol. The largest absolute Gasteiger partial charge is 0.466 e. The monoisotopic (exact) mass is 146 g/mol. The molecule has 0 aliphatic carbocycles. The van der Waals surface area contributed by atoms with E-state index in [4.69, 9.17) is 5.11 Å². The lowest BCUT2D eigenvalue weighted by Crippen LogP contribution is -1.88. The Hall–Kier alpha value is -0.570. The van der Waals surface area contributed by atoms with Crippen LogP contribution in [0.5, 0.6) is 0 Å². The van der Waals surface area contributed by atoms with Crippen LogP contribution in [-0.4, -0.2) is 23.8 Å². The molecule has 1 rings (SSSR count). The highest BCUT2D eigenvalue weighted by Crippen LogP contribution is 2.01. The minimum atomic E-state index is -0.167. The van der Waals surface area contributed by atoms with E-state index in [0.29, 0.717) is 13.0 Å². The molecule has 10 heavy (non-hydrogen) atoms. The second kappa shape index (κ2) is 5.23. The molecule has 0 saturated carbocycles. The van der Waals surface area contributed by atoms with Crippen molar-refractivity contribution in [2.45, 2.75) is 32.8 Å². The molecule has 0 aromatic heterocycles. The van der Waals surface area contributed by atoms with Crippen LogP contribution < -0.4 is 0 Å². The van der Waals surface area contributed by atoms with Gasteiger partial charge in [0.25, 0.3) is 0 Å². The van der Waals surface area contributed by atoms with Gasteiger partial charge in [-0.25, -0.2) is 0 Å². The Balaban J connectivity index is 0.000000180. The van der Waals surface area contributed by atoms with Gasteiger partial charge in [0.15, 0.2) is 0 Å². The number of ether oxygens (including phenoxy) is 1. The zero-order chi connectivity index (χ0) is 7.98. The van der Waals surface area contributed by atoms with E-state index < -0.39 is 0 Å². The number of hydrogen-bond donors (Lipinski definition) is 1. The van der Waals surface area contributed by atoms with Crippen LogP contribution >= 0.6 is 0 Å². The molecule has 1 aliphatic heterocycles. The number of cyclic esters (lactones) is 1. The molecule has 3 nitrogen and oxygen atoms in total. The molecule has 1 N–H and O–H groups in total. The minimum absolute atomic E-state index is 0.0463. The lowest BCUT2D eigenvalue weighted by atomic mass is 10.4. The van der Waals surface area contributed by atoms with Gasteiger partial charge in [0.2, 0.25) is 0 Å². The molecule has 0 aromatic rings. The Labute approximate surface area is 61.0 Å². The SMILES string of the molecule is CC(C)O.O=C1CCCO1. The summed E-state index contributed by atoms with van der Waals surface area (Å²) >= 11 is 0. The first-order valence-electron chi connectivity index (χ1n) is 3.46. The lowest BCUT2D eigenvalue weighted by Gasteiger charge is -1.81. The molecule has 0 atom stereocenters. The van der Waals surface area contributed by atoms with Crippen LogP contribution in [0.25, 0.3) is 0 Å². The summed E-state index contributed by atoms with van der Waals surface area (Å²) < 4.78 is 4.51. The zero-order valence-corrected chi connectivity index (χ0v) is 6.46. The van der Waals surface area contributed by atoms with Crippen LogP contribution in [0, 0.1) is 0 Å². The molecule has 1 heterocycles. The first-order chi connectivity index (χ1) is 4.63. The van der Waals surface area contributed by atoms with E-state index in [1.54, 1.807) is 13.8 Å². The van der Waals surface area contributed by atoms with Crippen LogP contribution in [0.4, 0.5) is 0 Å². The maximum absolute atomic E-state index is 10.0. The number of rotatable bonds is 0. The van der Waals surface area contributed by atoms with E-state index in [9.17, 15) is 4.79 Å². The van der Waals surface area contributed by atoms with Gasteiger partial charge >= 0.3 is 5.97 Å². The highest BCUT2D eigenvalue weighted by molar-refractivity contribution is 5.70. The molecule has 0 amide bonds. The smallest absolute Gasteiger partial charge is 0.305 e. The van der Waals surface area contributed by atoms with Crippen molar-refractivity contribution in [1.82, 2.24) is 0 Å². The van der Waals surface area contributed by atoms with Crippen molar-refractivity contribution in [1.29, 1.82) is 0 Å². The van der Waals surface area contributed by atoms with Gasteiger partial charge in [-0.1, -0.05) is 0 Å². The Morgan fingerprint density at radius 3 is 2.20 bits per heavy atom. The van der Waals surface area contributed by atoms with Crippen molar-refractivity contribution in [3.8, 4) is 0 Å². The fourth-order valence-electron chi connectivity index (χ4n) is 0.475. The summed E-state index contributed by atoms with van der Waals surface area (Å²) in [5.74, 6) is -0.0463. The van der Waals surface area contributed by atoms with E-state index in [2.05, 4.69) is 4.74 Å². The van der Waals surface area contributed by atoms with Crippen LogP contribution in [0.2, 0.25) is 0 Å². The van der Waals surface area contributed by atoms with Crippen molar-refractivity contribution in [3.05, 3.63) is 0 Å². The minimum Gasteiger partial charge on any atom is -0.466 e. The second-order valence-electron chi connectivity index (χ2n) is 2.42. The van der Waals surface area contributed by atoms with E-state index in [0.717, 1.165) is 6.42 Å². The zero-order valence-electron chi connectivity index (χ0n) is 6.46. The normalized spacial score (nSPS) is 16.2. The maximum atomic E-state index is 10.0. The number of aliphatic hydroxyl groups excluding tert-OH is 1. The third-order valence-electron chi connectivity index (χ3n) is 0.788. The molecule has 0 bridgehead atoms. The predicted octanol–water partition coefficient (Wildman–Crippen LogP) is 0.710. The van der Waals surface area contributed by atoms with Gasteiger partial charge in [-0.05, 0) is 20.3 Å². The highest BCUT2D eigenvalue weighted by Gasteiger charge is 2.08. The molecule has 1 saturated heterocycles. The molecule has 0 radical (unpaired) electrons. The van der Waals surface area contributed by atoms with Gasteiger partial charge < -0.3 is 9.84 Å². The van der Waals surface area contributed by atoms with Crippen LogP contribution in [0.3, 0.4) is 0 Å². The van der Waals surface area contributed by atoms with Crippen LogP contribution in [0.15, 0.2) is 0 Å². The van der Waals surface area contributed by atoms with Crippen molar-refractivity contribution < 1.29 is 14.6 Å². The van der Waals surface area contributed by atoms with E-state index in [-0.39, 0.29) is 12.1 Å². The highest BCUT2D eigenvalue weighted by atomic mass is 16.5. The topological polar surface area (TPSA) is 46.5 Å². The summed E-state index contributed by atoms with van der Waals surface area (Å²) in [5.41, 5.74) is 0. The quantitative estimate of drug-likeness (QED) is 0.512. The predicted molar refractivity (Wildman–Crippen MR) is 37.5 cm³/mol. The Bertz CT molecular complexity index is 88.3. The first-order valence-corrected chi connectivity index (χ1v) is 3.46. The van der Waals surface area contributed by atoms with Gasteiger partial charge in [-0.3, -0.25) is 4.79 Å². The van der Waals surface area contributed by atoms with E-state index >= 15 is 0 Å². The van der Waals surface area contributed by atoms with Gasteiger partial charge in [0.1, 0.15) is 0 Å². The fourth-order valence-corrected chi connectivity index (χ4v) is 0.475. The molecule has 0 spiro atoms. The van der Waals surface area contributed by atoms with Crippen LogP contribution in [0.1, 0.15) is 26.7 Å². The number of carbonyl (C=O) groups excluding carboxylic acids is 1. The summed E-state index contributed by atoms with van der Waals surface area (Å²) in [6.45, 7) is 4.08. The molecule has 1 aliphatic rings. The van der Waals surface area contributed by atoms with Crippen molar-refractivity contribution >= 4 is 5.97 Å². The standard InChI is InChI=1S/C4H6O2.C3H8O/c5-4-2-1-3-6-4;1-3(2)4/h1-3H2;3-4H,1-2H3. The lowest BCUT2D eigenvalue weighted by molar-refractivity contribution is -0.137. The summed E-state index contributed by atoms with van der Waals surface area (Å²) in [6.07, 6.45) is 1.37. The Morgan fingerprint density at radius 1 is 1.60 bits per heavy atom. The average molecular weight is 146 g/mol. The number of aliphatic hydroxyl groups is 1. The Morgan fingerprint density at radius 2 is 2.10 bits per heavy atom. The molecule has 3 heteroatoms. The molecular formula is C7H14O3. The molecule has 0 aromatic carbocycles. The third-order valence-corrected chi connectivity index (χ3v) is 0.788. The van der Waals surface area contributed by atoms with E-state index in [1.165, 1.54) is 0 Å². The molecule has 1 fully saturated rings. The molecule has 60 valence electrons. The summed E-state index contributed by atoms with van der Waals surface area (Å²) in [5, 5.41) is 8.06. The van der Waals surface area contributed by atoms with Gasteiger partial charge in [-0.2, -0.15) is 0 Å². The average Bonchev–Trinajstić information content (AvgIpc) is 2.15. The third kappa shape index (κ3) is 7.43. The fraction of sp³-hybridized carbons (Fsp3) is 0.857. The second-order valence-corrected chi connectivity index (χ2v) is 2.42. The summed E-state index contributed by atoms with van der Waals surface area (Å²) in [4.78, 5) is 10.0. The van der Waals surface area contributed by atoms with Crippen molar-refractivity contribution in [3.63, 3.8) is 0 Å². The van der Waals surface area contributed by atoms with Crippen molar-refractivity contribution in [2.24, 2.45) is 0 Å². The van der Waals surface area contributed by atoms with Gasteiger partial charge in [0.05, 0.1) is 6.61 Å². The van der Waals surface area contributed by atoms with Crippen molar-refractivity contribution in [2.75, 3.05) is 6.61 Å². The number of carbonyl (C=O) groups is 1. The van der Waals surface area contributed by atoms with Gasteiger partial charge in [-0.15, -0.1) is 0 Å². The summed E-state index contributed by atoms with van der Waals surface area (Å²) in [6, 6.07) is 0. The number of hydrogen-bond acceptors (Lipinski definition) is 3.